The molecule has 1 heteroatoms. The van der Waals surface area contributed by atoms with E-state index in [0.29, 0.717) is 11.8 Å². The molecule has 1 nitrogen and oxygen atoms in total. The van der Waals surface area contributed by atoms with Crippen molar-refractivity contribution >= 4 is 0 Å². The third-order valence-electron chi connectivity index (χ3n) is 3.29. The minimum Gasteiger partial charge on any atom is -0.389 e. The van der Waals surface area contributed by atoms with Gasteiger partial charge in [-0.3, -0.25) is 0 Å². The van der Waals surface area contributed by atoms with Gasteiger partial charge in [0.05, 0.1) is 6.10 Å². The lowest BCUT2D eigenvalue weighted by Crippen LogP contribution is -2.22. The van der Waals surface area contributed by atoms with Crippen molar-refractivity contribution in [3.63, 3.8) is 0 Å². The molecule has 0 heterocycles. The SMILES string of the molecule is CC(C)=C(C)C(C)C1CC=CC1O. The molecule has 0 radical (unpaired) electrons. The van der Waals surface area contributed by atoms with Crippen LogP contribution in [-0.4, -0.2) is 11.2 Å². The molecule has 0 amide bonds. The second-order valence-corrected chi connectivity index (χ2v) is 4.29. The molecule has 0 aliphatic heterocycles. The highest BCUT2D eigenvalue weighted by atomic mass is 16.3. The van der Waals surface area contributed by atoms with E-state index in [4.69, 9.17) is 0 Å². The summed E-state index contributed by atoms with van der Waals surface area (Å²) in [6, 6.07) is 0. The van der Waals surface area contributed by atoms with Gasteiger partial charge in [-0.2, -0.15) is 0 Å². The summed E-state index contributed by atoms with van der Waals surface area (Å²) < 4.78 is 0. The smallest absolute Gasteiger partial charge is 0.0757 e. The molecule has 1 aliphatic carbocycles. The predicted octanol–water partition coefficient (Wildman–Crippen LogP) is 2.92. The van der Waals surface area contributed by atoms with Crippen molar-refractivity contribution in [2.45, 2.75) is 40.2 Å². The lowest BCUT2D eigenvalue weighted by atomic mass is 9.83. The molecule has 3 atom stereocenters. The Balaban J connectivity index is 2.69. The van der Waals surface area contributed by atoms with Crippen LogP contribution in [0.1, 0.15) is 34.1 Å². The zero-order valence-electron chi connectivity index (χ0n) is 9.04. The van der Waals surface area contributed by atoms with Gasteiger partial charge in [0, 0.05) is 0 Å². The van der Waals surface area contributed by atoms with Crippen LogP contribution >= 0.6 is 0 Å². The van der Waals surface area contributed by atoms with Gasteiger partial charge in [0.15, 0.2) is 0 Å². The molecule has 0 saturated heterocycles. The number of aliphatic hydroxyl groups excluding tert-OH is 1. The summed E-state index contributed by atoms with van der Waals surface area (Å²) in [6.45, 7) is 8.66. The summed E-state index contributed by atoms with van der Waals surface area (Å²) in [5.41, 5.74) is 2.80. The third-order valence-corrected chi connectivity index (χ3v) is 3.29. The molecule has 1 N–H and O–H groups in total. The van der Waals surface area contributed by atoms with E-state index in [2.05, 4.69) is 33.8 Å². The highest BCUT2D eigenvalue weighted by Gasteiger charge is 2.27. The van der Waals surface area contributed by atoms with Crippen molar-refractivity contribution in [2.75, 3.05) is 0 Å². The maximum Gasteiger partial charge on any atom is 0.0757 e. The van der Waals surface area contributed by atoms with Crippen LogP contribution < -0.4 is 0 Å². The monoisotopic (exact) mass is 180 g/mol. The van der Waals surface area contributed by atoms with E-state index in [1.54, 1.807) is 0 Å². The first-order chi connectivity index (χ1) is 6.04. The minimum absolute atomic E-state index is 0.232. The van der Waals surface area contributed by atoms with E-state index in [-0.39, 0.29) is 6.10 Å². The van der Waals surface area contributed by atoms with E-state index in [1.165, 1.54) is 11.1 Å². The fourth-order valence-electron chi connectivity index (χ4n) is 1.93. The normalized spacial score (nSPS) is 29.0. The molecule has 0 saturated carbocycles. The Kier molecular flexibility index (Phi) is 3.32. The van der Waals surface area contributed by atoms with Gasteiger partial charge in [0.2, 0.25) is 0 Å². The van der Waals surface area contributed by atoms with Crippen LogP contribution in [0.5, 0.6) is 0 Å². The second kappa shape index (κ2) is 4.10. The first kappa shape index (κ1) is 10.5. The predicted molar refractivity (Wildman–Crippen MR) is 56.5 cm³/mol. The average molecular weight is 180 g/mol. The maximum atomic E-state index is 9.68. The topological polar surface area (TPSA) is 20.2 Å². The largest absolute Gasteiger partial charge is 0.389 e. The molecule has 0 bridgehead atoms. The number of aliphatic hydroxyl groups is 1. The molecular weight excluding hydrogens is 160 g/mol. The van der Waals surface area contributed by atoms with E-state index in [0.717, 1.165) is 6.42 Å². The first-order valence-corrected chi connectivity index (χ1v) is 5.02. The summed E-state index contributed by atoms with van der Waals surface area (Å²) >= 11 is 0. The van der Waals surface area contributed by atoms with E-state index in [1.807, 2.05) is 6.08 Å². The van der Waals surface area contributed by atoms with Crippen molar-refractivity contribution in [1.82, 2.24) is 0 Å². The second-order valence-electron chi connectivity index (χ2n) is 4.29. The van der Waals surface area contributed by atoms with Crippen molar-refractivity contribution in [3.05, 3.63) is 23.3 Å². The molecule has 74 valence electrons. The summed E-state index contributed by atoms with van der Waals surface area (Å²) in [6.07, 6.45) is 4.79. The first-order valence-electron chi connectivity index (χ1n) is 5.02. The summed E-state index contributed by atoms with van der Waals surface area (Å²) in [5.74, 6) is 0.893. The Bertz CT molecular complexity index is 234. The Labute approximate surface area is 81.2 Å². The number of hydrogen-bond acceptors (Lipinski definition) is 1. The average Bonchev–Trinajstić information content (AvgIpc) is 2.48. The van der Waals surface area contributed by atoms with Gasteiger partial charge in [0.25, 0.3) is 0 Å². The Morgan fingerprint density at radius 3 is 2.38 bits per heavy atom. The summed E-state index contributed by atoms with van der Waals surface area (Å²) in [5, 5.41) is 9.68. The highest BCUT2D eigenvalue weighted by molar-refractivity contribution is 5.15. The zero-order valence-corrected chi connectivity index (χ0v) is 9.04. The van der Waals surface area contributed by atoms with Crippen molar-refractivity contribution in [1.29, 1.82) is 0 Å². The molecular formula is C12H20O. The Morgan fingerprint density at radius 2 is 2.00 bits per heavy atom. The van der Waals surface area contributed by atoms with Gasteiger partial charge in [-0.1, -0.05) is 30.2 Å². The van der Waals surface area contributed by atoms with Gasteiger partial charge >= 0.3 is 0 Å². The van der Waals surface area contributed by atoms with Gasteiger partial charge in [-0.25, -0.2) is 0 Å². The van der Waals surface area contributed by atoms with Crippen LogP contribution in [0.4, 0.5) is 0 Å². The Morgan fingerprint density at radius 1 is 1.38 bits per heavy atom. The maximum absolute atomic E-state index is 9.68. The lowest BCUT2D eigenvalue weighted by molar-refractivity contribution is 0.140. The molecule has 1 rings (SSSR count). The number of rotatable bonds is 2. The number of allylic oxidation sites excluding steroid dienone is 3. The molecule has 0 spiro atoms. The van der Waals surface area contributed by atoms with E-state index in [9.17, 15) is 5.11 Å². The molecule has 0 fully saturated rings. The zero-order chi connectivity index (χ0) is 10.0. The van der Waals surface area contributed by atoms with Gasteiger partial charge in [-0.05, 0) is 39.0 Å². The fourth-order valence-corrected chi connectivity index (χ4v) is 1.93. The van der Waals surface area contributed by atoms with Gasteiger partial charge in [-0.15, -0.1) is 0 Å². The lowest BCUT2D eigenvalue weighted by Gasteiger charge is -2.24. The third kappa shape index (κ3) is 2.22. The van der Waals surface area contributed by atoms with Crippen LogP contribution in [0.3, 0.4) is 0 Å². The minimum atomic E-state index is -0.232. The van der Waals surface area contributed by atoms with Gasteiger partial charge in [0.1, 0.15) is 0 Å². The highest BCUT2D eigenvalue weighted by Crippen LogP contribution is 2.32. The molecule has 0 aromatic carbocycles. The van der Waals surface area contributed by atoms with Crippen molar-refractivity contribution < 1.29 is 5.11 Å². The van der Waals surface area contributed by atoms with Crippen LogP contribution in [0.25, 0.3) is 0 Å². The van der Waals surface area contributed by atoms with Gasteiger partial charge < -0.3 is 5.11 Å². The van der Waals surface area contributed by atoms with E-state index < -0.39 is 0 Å². The molecule has 0 aromatic rings. The summed E-state index contributed by atoms with van der Waals surface area (Å²) in [4.78, 5) is 0. The Hall–Kier alpha value is -0.560. The van der Waals surface area contributed by atoms with Crippen LogP contribution in [0.2, 0.25) is 0 Å². The van der Waals surface area contributed by atoms with Crippen LogP contribution in [0, 0.1) is 11.8 Å². The van der Waals surface area contributed by atoms with E-state index >= 15 is 0 Å². The molecule has 1 aliphatic rings. The van der Waals surface area contributed by atoms with Crippen molar-refractivity contribution in [3.8, 4) is 0 Å². The number of hydrogen-bond donors (Lipinski definition) is 1. The molecule has 13 heavy (non-hydrogen) atoms. The quantitative estimate of drug-likeness (QED) is 0.648. The molecule has 0 aromatic heterocycles. The van der Waals surface area contributed by atoms with Crippen molar-refractivity contribution in [2.24, 2.45) is 11.8 Å². The standard InChI is InChI=1S/C12H20O/c1-8(2)9(3)10(4)11-6-5-7-12(11)13/h5,7,10-13H,6H2,1-4H3. The van der Waals surface area contributed by atoms with Crippen LogP contribution in [0.15, 0.2) is 23.3 Å². The fraction of sp³-hybridized carbons (Fsp3) is 0.667. The van der Waals surface area contributed by atoms with Crippen LogP contribution in [-0.2, 0) is 0 Å². The summed E-state index contributed by atoms with van der Waals surface area (Å²) in [7, 11) is 0. The molecule has 3 unspecified atom stereocenters.